The number of thiazole rings is 1. The number of terminal acetylenes is 1. The van der Waals surface area contributed by atoms with Crippen LogP contribution in [0.15, 0.2) is 23.2 Å². The minimum Gasteiger partial charge on any atom is -0.378 e. The van der Waals surface area contributed by atoms with Crippen LogP contribution in [0.5, 0.6) is 0 Å². The van der Waals surface area contributed by atoms with E-state index in [0.717, 1.165) is 15.8 Å². The molecule has 0 atom stereocenters. The van der Waals surface area contributed by atoms with E-state index in [4.69, 9.17) is 11.2 Å². The van der Waals surface area contributed by atoms with Crippen molar-refractivity contribution in [1.29, 1.82) is 0 Å². The van der Waals surface area contributed by atoms with Crippen LogP contribution in [0.3, 0.4) is 0 Å². The number of hydrogen-bond donors (Lipinski definition) is 0. The van der Waals surface area contributed by atoms with Gasteiger partial charge in [-0.2, -0.15) is 4.99 Å². The Morgan fingerprint density at radius 3 is 2.85 bits per heavy atom. The molecule has 1 fully saturated rings. The first-order valence-corrected chi connectivity index (χ1v) is 10.6. The number of benzene rings is 1. The molecule has 1 aromatic carbocycles. The molecule has 2 amide bonds. The van der Waals surface area contributed by atoms with Crippen molar-refractivity contribution in [2.45, 2.75) is 13.5 Å². The van der Waals surface area contributed by atoms with Crippen LogP contribution < -0.4 is 4.80 Å². The summed E-state index contributed by atoms with van der Waals surface area (Å²) in [5, 5.41) is 0. The van der Waals surface area contributed by atoms with Gasteiger partial charge in [-0.15, -0.1) is 18.2 Å². The highest BCUT2D eigenvalue weighted by atomic mass is 32.2. The Balaban J connectivity index is 1.67. The van der Waals surface area contributed by atoms with E-state index in [9.17, 15) is 9.59 Å². The Hall–Kier alpha value is -2.08. The molecule has 142 valence electrons. The Kier molecular flexibility index (Phi) is 6.72. The molecule has 0 saturated carbocycles. The maximum atomic E-state index is 12.3. The molecular weight excluding hydrogens is 382 g/mol. The van der Waals surface area contributed by atoms with Gasteiger partial charge in [0.1, 0.15) is 0 Å². The number of aromatic nitrogens is 1. The van der Waals surface area contributed by atoms with E-state index in [-0.39, 0.29) is 23.3 Å². The van der Waals surface area contributed by atoms with Gasteiger partial charge in [0.25, 0.3) is 5.91 Å². The van der Waals surface area contributed by atoms with Crippen LogP contribution in [0.2, 0.25) is 0 Å². The quantitative estimate of drug-likeness (QED) is 0.713. The molecule has 1 aliphatic heterocycles. The van der Waals surface area contributed by atoms with E-state index >= 15 is 0 Å². The minimum absolute atomic E-state index is 0.0378. The van der Waals surface area contributed by atoms with Crippen molar-refractivity contribution in [3.8, 4) is 12.3 Å². The summed E-state index contributed by atoms with van der Waals surface area (Å²) in [4.78, 5) is 31.0. The normalized spacial score (nSPS) is 15.1. The van der Waals surface area contributed by atoms with Crippen molar-refractivity contribution in [3.05, 3.63) is 28.6 Å². The number of rotatable bonds is 5. The number of hydrogen-bond acceptors (Lipinski definition) is 5. The van der Waals surface area contributed by atoms with Crippen molar-refractivity contribution >= 4 is 45.1 Å². The molecule has 2 aromatic rings. The second kappa shape index (κ2) is 9.22. The molecule has 8 heteroatoms. The van der Waals surface area contributed by atoms with E-state index < -0.39 is 0 Å². The Morgan fingerprint density at radius 2 is 2.11 bits per heavy atom. The van der Waals surface area contributed by atoms with Gasteiger partial charge in [-0.05, 0) is 24.6 Å². The average molecular weight is 404 g/mol. The molecule has 0 unspecified atom stereocenters. The number of morpholine rings is 1. The smallest absolute Gasteiger partial charge is 0.258 e. The monoisotopic (exact) mass is 403 g/mol. The van der Waals surface area contributed by atoms with Crippen LogP contribution in [-0.4, -0.2) is 59.1 Å². The number of thioether (sulfide) groups is 1. The number of amides is 2. The fourth-order valence-electron chi connectivity index (χ4n) is 2.78. The summed E-state index contributed by atoms with van der Waals surface area (Å²) in [6, 6.07) is 6.07. The summed E-state index contributed by atoms with van der Waals surface area (Å²) in [5.41, 5.74) is 2.12. The Labute approximate surface area is 166 Å². The van der Waals surface area contributed by atoms with Crippen LogP contribution in [0.1, 0.15) is 5.56 Å². The van der Waals surface area contributed by atoms with Crippen molar-refractivity contribution in [3.63, 3.8) is 0 Å². The second-order valence-electron chi connectivity index (χ2n) is 6.14. The maximum Gasteiger partial charge on any atom is 0.258 e. The Morgan fingerprint density at radius 1 is 1.33 bits per heavy atom. The van der Waals surface area contributed by atoms with Gasteiger partial charge in [-0.3, -0.25) is 9.59 Å². The summed E-state index contributed by atoms with van der Waals surface area (Å²) in [6.45, 7) is 4.76. The minimum atomic E-state index is -0.260. The molecular formula is C19H21N3O3S2. The molecule has 3 rings (SSSR count). The lowest BCUT2D eigenvalue weighted by Gasteiger charge is -2.26. The predicted molar refractivity (Wildman–Crippen MR) is 109 cm³/mol. The SMILES string of the molecule is C#CCn1c(=NC(=O)CSCC(=O)N2CCOCC2)sc2cc(C)ccc21. The topological polar surface area (TPSA) is 63.9 Å². The van der Waals surface area contributed by atoms with E-state index in [1.807, 2.05) is 23.6 Å². The van der Waals surface area contributed by atoms with Crippen LogP contribution in [0.4, 0.5) is 0 Å². The molecule has 6 nitrogen and oxygen atoms in total. The summed E-state index contributed by atoms with van der Waals surface area (Å²) in [6.07, 6.45) is 5.48. The van der Waals surface area contributed by atoms with Gasteiger partial charge >= 0.3 is 0 Å². The number of fused-ring (bicyclic) bond motifs is 1. The summed E-state index contributed by atoms with van der Waals surface area (Å²) in [7, 11) is 0. The number of nitrogens with zero attached hydrogens (tertiary/aromatic N) is 3. The third-order valence-corrected chi connectivity index (χ3v) is 6.07. The standard InChI is InChI=1S/C19H21N3O3S2/c1-3-6-22-15-5-4-14(2)11-16(15)27-19(22)20-17(23)12-26-13-18(24)21-7-9-25-10-8-21/h1,4-5,11H,6-10,12-13H2,2H3. The highest BCUT2D eigenvalue weighted by Crippen LogP contribution is 2.19. The highest BCUT2D eigenvalue weighted by Gasteiger charge is 2.17. The third-order valence-electron chi connectivity index (χ3n) is 4.12. The van der Waals surface area contributed by atoms with Gasteiger partial charge in [0.2, 0.25) is 5.91 Å². The first-order chi connectivity index (χ1) is 13.1. The number of carbonyl (C=O) groups is 2. The fourth-order valence-corrected chi connectivity index (χ4v) is 4.62. The van der Waals surface area contributed by atoms with Crippen molar-refractivity contribution in [2.75, 3.05) is 37.8 Å². The summed E-state index contributed by atoms with van der Waals surface area (Å²) >= 11 is 2.74. The van der Waals surface area contributed by atoms with Gasteiger partial charge in [0, 0.05) is 13.1 Å². The molecule has 1 aliphatic rings. The van der Waals surface area contributed by atoms with Gasteiger partial charge < -0.3 is 14.2 Å². The molecule has 1 aromatic heterocycles. The molecule has 1 saturated heterocycles. The molecule has 0 radical (unpaired) electrons. The van der Waals surface area contributed by atoms with Gasteiger partial charge in [0.05, 0.1) is 41.5 Å². The molecule has 0 N–H and O–H groups in total. The van der Waals surface area contributed by atoms with Crippen LogP contribution in [0.25, 0.3) is 10.2 Å². The van der Waals surface area contributed by atoms with Crippen molar-refractivity contribution in [1.82, 2.24) is 9.47 Å². The molecule has 27 heavy (non-hydrogen) atoms. The van der Waals surface area contributed by atoms with Crippen LogP contribution >= 0.6 is 23.1 Å². The highest BCUT2D eigenvalue weighted by molar-refractivity contribution is 8.00. The van der Waals surface area contributed by atoms with Gasteiger partial charge in [-0.1, -0.05) is 23.3 Å². The molecule has 0 spiro atoms. The predicted octanol–water partition coefficient (Wildman–Crippen LogP) is 1.66. The van der Waals surface area contributed by atoms with E-state index in [1.165, 1.54) is 23.1 Å². The van der Waals surface area contributed by atoms with Crippen molar-refractivity contribution in [2.24, 2.45) is 4.99 Å². The third kappa shape index (κ3) is 5.01. The molecule has 2 heterocycles. The van der Waals surface area contributed by atoms with Gasteiger partial charge in [0.15, 0.2) is 4.80 Å². The number of ether oxygens (including phenoxy) is 1. The van der Waals surface area contributed by atoms with Crippen LogP contribution in [0, 0.1) is 19.3 Å². The zero-order valence-electron chi connectivity index (χ0n) is 15.1. The van der Waals surface area contributed by atoms with Gasteiger partial charge in [-0.25, -0.2) is 0 Å². The average Bonchev–Trinajstić information content (AvgIpc) is 2.98. The van der Waals surface area contributed by atoms with Crippen molar-refractivity contribution < 1.29 is 14.3 Å². The largest absolute Gasteiger partial charge is 0.378 e. The van der Waals surface area contributed by atoms with E-state index in [2.05, 4.69) is 17.0 Å². The number of carbonyl (C=O) groups excluding carboxylic acids is 2. The first kappa shape index (κ1) is 19.7. The summed E-state index contributed by atoms with van der Waals surface area (Å²) in [5.74, 6) is 2.84. The van der Waals surface area contributed by atoms with E-state index in [1.54, 1.807) is 4.90 Å². The zero-order valence-corrected chi connectivity index (χ0v) is 16.8. The lowest BCUT2D eigenvalue weighted by Crippen LogP contribution is -2.41. The fraction of sp³-hybridized carbons (Fsp3) is 0.421. The lowest BCUT2D eigenvalue weighted by atomic mass is 10.2. The van der Waals surface area contributed by atoms with Crippen LogP contribution in [-0.2, 0) is 20.9 Å². The molecule has 0 aliphatic carbocycles. The number of aryl methyl sites for hydroxylation is 1. The summed E-state index contributed by atoms with van der Waals surface area (Å²) < 4.78 is 8.16. The van der Waals surface area contributed by atoms with E-state index in [0.29, 0.717) is 37.6 Å². The zero-order chi connectivity index (χ0) is 19.2. The Bertz CT molecular complexity index is 949. The second-order valence-corrected chi connectivity index (χ2v) is 8.13. The maximum absolute atomic E-state index is 12.3. The lowest BCUT2D eigenvalue weighted by molar-refractivity contribution is -0.132. The first-order valence-electron chi connectivity index (χ1n) is 8.63. The molecule has 0 bridgehead atoms.